The molecule has 1 amide bonds. The van der Waals surface area contributed by atoms with Crippen LogP contribution < -0.4 is 9.62 Å². The number of nitrogens with one attached hydrogen (secondary N) is 1. The van der Waals surface area contributed by atoms with Crippen molar-refractivity contribution in [2.45, 2.75) is 11.8 Å². The standard InChI is InChI=1S/C25H24N2O7S/c1-17-11-13-19(14-12-17)27(2)35(31,32)20-8-6-7-18(15-20)24(29)34-16-23(28)26-22-10-5-4-9-21(22)25(30)33-3/h4-15H,16H2,1-3H3,(H,26,28). The van der Waals surface area contributed by atoms with Gasteiger partial charge in [0.1, 0.15) is 0 Å². The number of aryl methyl sites for hydroxylation is 1. The number of para-hydroxylation sites is 1. The zero-order chi connectivity index (χ0) is 25.6. The average Bonchev–Trinajstić information content (AvgIpc) is 2.87. The molecule has 35 heavy (non-hydrogen) atoms. The number of carbonyl (C=O) groups excluding carboxylic acids is 3. The van der Waals surface area contributed by atoms with E-state index in [4.69, 9.17) is 4.74 Å². The maximum absolute atomic E-state index is 13.0. The van der Waals surface area contributed by atoms with Gasteiger partial charge < -0.3 is 14.8 Å². The summed E-state index contributed by atoms with van der Waals surface area (Å²) in [6.07, 6.45) is 0. The van der Waals surface area contributed by atoms with Crippen LogP contribution in [0.5, 0.6) is 0 Å². The molecule has 3 aromatic rings. The molecule has 0 aromatic heterocycles. The number of rotatable bonds is 8. The van der Waals surface area contributed by atoms with Gasteiger partial charge in [-0.05, 0) is 49.4 Å². The van der Waals surface area contributed by atoms with E-state index >= 15 is 0 Å². The first-order valence-corrected chi connectivity index (χ1v) is 11.9. The summed E-state index contributed by atoms with van der Waals surface area (Å²) >= 11 is 0. The van der Waals surface area contributed by atoms with Crippen LogP contribution in [0.2, 0.25) is 0 Å². The number of nitrogens with zero attached hydrogens (tertiary/aromatic N) is 1. The fraction of sp³-hybridized carbons (Fsp3) is 0.160. The minimum atomic E-state index is -3.95. The molecule has 0 aliphatic rings. The molecular weight excluding hydrogens is 472 g/mol. The second-order valence-corrected chi connectivity index (χ2v) is 9.47. The predicted octanol–water partition coefficient (Wildman–Crippen LogP) is 3.40. The van der Waals surface area contributed by atoms with E-state index in [1.54, 1.807) is 36.4 Å². The van der Waals surface area contributed by atoms with Gasteiger partial charge in [0.2, 0.25) is 0 Å². The first-order valence-electron chi connectivity index (χ1n) is 10.4. The van der Waals surface area contributed by atoms with E-state index in [-0.39, 0.29) is 21.7 Å². The third kappa shape index (κ3) is 6.04. The summed E-state index contributed by atoms with van der Waals surface area (Å²) in [5.74, 6) is -2.19. The summed E-state index contributed by atoms with van der Waals surface area (Å²) in [6.45, 7) is 1.25. The van der Waals surface area contributed by atoms with Crippen molar-refractivity contribution in [3.63, 3.8) is 0 Å². The van der Waals surface area contributed by atoms with Gasteiger partial charge in [0.25, 0.3) is 15.9 Å². The molecule has 0 aliphatic heterocycles. The lowest BCUT2D eigenvalue weighted by molar-refractivity contribution is -0.119. The number of methoxy groups -OCH3 is 1. The molecule has 3 rings (SSSR count). The smallest absolute Gasteiger partial charge is 0.339 e. The Hall–Kier alpha value is -4.18. The lowest BCUT2D eigenvalue weighted by Gasteiger charge is -2.20. The van der Waals surface area contributed by atoms with Crippen LogP contribution in [0, 0.1) is 6.92 Å². The van der Waals surface area contributed by atoms with Gasteiger partial charge in [-0.3, -0.25) is 9.10 Å². The van der Waals surface area contributed by atoms with Gasteiger partial charge in [0.05, 0.1) is 34.5 Å². The molecule has 9 nitrogen and oxygen atoms in total. The normalized spacial score (nSPS) is 10.8. The SMILES string of the molecule is COC(=O)c1ccccc1NC(=O)COC(=O)c1cccc(S(=O)(=O)N(C)c2ccc(C)cc2)c1. The van der Waals surface area contributed by atoms with Crippen LogP contribution in [0.4, 0.5) is 11.4 Å². The van der Waals surface area contributed by atoms with E-state index in [0.29, 0.717) is 5.69 Å². The molecule has 0 heterocycles. The summed E-state index contributed by atoms with van der Waals surface area (Å²) in [7, 11) is -1.31. The Balaban J connectivity index is 1.69. The molecule has 0 saturated carbocycles. The maximum atomic E-state index is 13.0. The monoisotopic (exact) mass is 496 g/mol. The van der Waals surface area contributed by atoms with E-state index < -0.39 is 34.5 Å². The van der Waals surface area contributed by atoms with Gasteiger partial charge in [-0.15, -0.1) is 0 Å². The van der Waals surface area contributed by atoms with Crippen LogP contribution in [-0.2, 0) is 24.3 Å². The van der Waals surface area contributed by atoms with Crippen LogP contribution >= 0.6 is 0 Å². The Morgan fingerprint density at radius 2 is 1.60 bits per heavy atom. The van der Waals surface area contributed by atoms with Gasteiger partial charge in [0, 0.05) is 7.05 Å². The minimum Gasteiger partial charge on any atom is -0.465 e. The maximum Gasteiger partial charge on any atom is 0.339 e. The zero-order valence-corrected chi connectivity index (χ0v) is 20.2. The van der Waals surface area contributed by atoms with Crippen LogP contribution in [0.25, 0.3) is 0 Å². The van der Waals surface area contributed by atoms with Crippen molar-refractivity contribution in [3.8, 4) is 0 Å². The number of anilines is 2. The molecule has 0 fully saturated rings. The largest absolute Gasteiger partial charge is 0.465 e. The lowest BCUT2D eigenvalue weighted by atomic mass is 10.2. The van der Waals surface area contributed by atoms with Crippen molar-refractivity contribution >= 4 is 39.2 Å². The number of hydrogen-bond donors (Lipinski definition) is 1. The van der Waals surface area contributed by atoms with Gasteiger partial charge >= 0.3 is 11.9 Å². The second kappa shape index (κ2) is 10.8. The van der Waals surface area contributed by atoms with Crippen molar-refractivity contribution in [3.05, 3.63) is 89.5 Å². The van der Waals surface area contributed by atoms with Gasteiger partial charge in [-0.25, -0.2) is 18.0 Å². The minimum absolute atomic E-state index is 0.0360. The van der Waals surface area contributed by atoms with Crippen molar-refractivity contribution in [2.75, 3.05) is 30.4 Å². The molecule has 0 spiro atoms. The first kappa shape index (κ1) is 25.4. The lowest BCUT2D eigenvalue weighted by Crippen LogP contribution is -2.27. The van der Waals surface area contributed by atoms with Gasteiger partial charge in [-0.2, -0.15) is 0 Å². The number of sulfonamides is 1. The highest BCUT2D eigenvalue weighted by Crippen LogP contribution is 2.23. The summed E-state index contributed by atoms with van der Waals surface area (Å²) < 4.78 is 36.9. The van der Waals surface area contributed by atoms with Crippen molar-refractivity contribution in [1.82, 2.24) is 0 Å². The van der Waals surface area contributed by atoms with Crippen LogP contribution in [0.1, 0.15) is 26.3 Å². The highest BCUT2D eigenvalue weighted by molar-refractivity contribution is 7.92. The first-order chi connectivity index (χ1) is 16.6. The van der Waals surface area contributed by atoms with Crippen LogP contribution in [0.3, 0.4) is 0 Å². The van der Waals surface area contributed by atoms with Crippen LogP contribution in [0.15, 0.2) is 77.7 Å². The Kier molecular flexibility index (Phi) is 7.87. The fourth-order valence-electron chi connectivity index (χ4n) is 3.12. The highest BCUT2D eigenvalue weighted by Gasteiger charge is 2.23. The number of hydrogen-bond acceptors (Lipinski definition) is 7. The molecule has 0 atom stereocenters. The summed E-state index contributed by atoms with van der Waals surface area (Å²) in [5, 5.41) is 2.49. The van der Waals surface area contributed by atoms with Crippen molar-refractivity contribution < 1.29 is 32.3 Å². The fourth-order valence-corrected chi connectivity index (χ4v) is 4.36. The molecule has 182 valence electrons. The second-order valence-electron chi connectivity index (χ2n) is 7.50. The quantitative estimate of drug-likeness (QED) is 0.475. The number of amides is 1. The third-order valence-corrected chi connectivity index (χ3v) is 6.85. The van der Waals surface area contributed by atoms with Crippen molar-refractivity contribution in [2.24, 2.45) is 0 Å². The number of carbonyl (C=O) groups is 3. The van der Waals surface area contributed by atoms with E-state index in [9.17, 15) is 22.8 Å². The van der Waals surface area contributed by atoms with Gasteiger partial charge in [0.15, 0.2) is 6.61 Å². The van der Waals surface area contributed by atoms with E-state index in [0.717, 1.165) is 9.87 Å². The molecule has 0 aliphatic carbocycles. The molecule has 10 heteroatoms. The van der Waals surface area contributed by atoms with E-state index in [2.05, 4.69) is 10.1 Å². The average molecular weight is 497 g/mol. The zero-order valence-electron chi connectivity index (χ0n) is 19.3. The van der Waals surface area contributed by atoms with E-state index in [1.165, 1.54) is 50.6 Å². The molecule has 0 bridgehead atoms. The van der Waals surface area contributed by atoms with Crippen molar-refractivity contribution in [1.29, 1.82) is 0 Å². The van der Waals surface area contributed by atoms with E-state index in [1.807, 2.05) is 6.92 Å². The molecule has 0 saturated heterocycles. The topological polar surface area (TPSA) is 119 Å². The number of esters is 2. The molecular formula is C25H24N2O7S. The third-order valence-electron chi connectivity index (χ3n) is 5.07. The Labute approximate surface area is 203 Å². The number of benzene rings is 3. The Bertz CT molecular complexity index is 1350. The summed E-state index contributed by atoms with van der Waals surface area (Å²) in [4.78, 5) is 36.5. The molecule has 0 radical (unpaired) electrons. The molecule has 0 unspecified atom stereocenters. The molecule has 3 aromatic carbocycles. The highest BCUT2D eigenvalue weighted by atomic mass is 32.2. The summed E-state index contributed by atoms with van der Waals surface area (Å²) in [5.41, 5.74) is 1.76. The Morgan fingerprint density at radius 1 is 0.914 bits per heavy atom. The predicted molar refractivity (Wildman–Crippen MR) is 130 cm³/mol. The van der Waals surface area contributed by atoms with Crippen LogP contribution in [-0.4, -0.2) is 47.0 Å². The summed E-state index contributed by atoms with van der Waals surface area (Å²) in [6, 6.07) is 18.5. The molecule has 1 N–H and O–H groups in total. The Morgan fingerprint density at radius 3 is 2.29 bits per heavy atom. The van der Waals surface area contributed by atoms with Gasteiger partial charge in [-0.1, -0.05) is 35.9 Å². The number of ether oxygens (including phenoxy) is 2.